The van der Waals surface area contributed by atoms with Crippen LogP contribution < -0.4 is 10.2 Å². The van der Waals surface area contributed by atoms with Crippen molar-refractivity contribution in [2.45, 2.75) is 33.4 Å². The number of aromatic carboxylic acids is 1. The molecule has 0 fully saturated rings. The van der Waals surface area contributed by atoms with Crippen molar-refractivity contribution >= 4 is 16.9 Å². The van der Waals surface area contributed by atoms with E-state index in [2.05, 4.69) is 20.8 Å². The highest BCUT2D eigenvalue weighted by Crippen LogP contribution is 2.43. The zero-order valence-electron chi connectivity index (χ0n) is 15.7. The third-order valence-electron chi connectivity index (χ3n) is 5.18. The smallest absolute Gasteiger partial charge is 0.341 e. The van der Waals surface area contributed by atoms with E-state index in [1.165, 1.54) is 12.3 Å². The van der Waals surface area contributed by atoms with Crippen molar-refractivity contribution in [1.82, 2.24) is 14.3 Å². The summed E-state index contributed by atoms with van der Waals surface area (Å²) in [5, 5.41) is 15.0. The number of carboxylic acid groups (broad SMARTS) is 1. The number of pyridine rings is 1. The lowest BCUT2D eigenvalue weighted by Crippen LogP contribution is -2.35. The van der Waals surface area contributed by atoms with Crippen LogP contribution in [0.3, 0.4) is 0 Å². The molecule has 0 radical (unpaired) electrons. The average Bonchev–Trinajstić information content (AvgIpc) is 2.98. The molecule has 1 aliphatic heterocycles. The molecule has 0 saturated heterocycles. The first kappa shape index (κ1) is 17.3. The van der Waals surface area contributed by atoms with E-state index in [9.17, 15) is 14.7 Å². The fraction of sp³-hybridized carbons (Fsp3) is 0.350. The molecule has 1 unspecified atom stereocenters. The van der Waals surface area contributed by atoms with Gasteiger partial charge < -0.3 is 14.4 Å². The Bertz CT molecular complexity index is 1130. The molecule has 1 atom stereocenters. The van der Waals surface area contributed by atoms with E-state index in [0.717, 1.165) is 16.6 Å². The van der Waals surface area contributed by atoms with Gasteiger partial charge in [0.25, 0.3) is 0 Å². The second-order valence-corrected chi connectivity index (χ2v) is 7.92. The molecule has 1 aliphatic rings. The minimum Gasteiger partial charge on any atom is -0.496 e. The number of carbonyl (C=O) groups is 1. The molecule has 3 aromatic rings. The van der Waals surface area contributed by atoms with Gasteiger partial charge in [0.2, 0.25) is 0 Å². The maximum Gasteiger partial charge on any atom is 0.341 e. The van der Waals surface area contributed by atoms with E-state index >= 15 is 0 Å². The van der Waals surface area contributed by atoms with E-state index in [1.807, 2.05) is 27.4 Å². The van der Waals surface area contributed by atoms with E-state index in [1.54, 1.807) is 7.11 Å². The lowest BCUT2D eigenvalue weighted by Gasteiger charge is -2.38. The van der Waals surface area contributed by atoms with Crippen LogP contribution in [0.4, 0.5) is 0 Å². The van der Waals surface area contributed by atoms with Gasteiger partial charge in [0.05, 0.1) is 42.0 Å². The molecule has 1 aromatic carbocycles. The van der Waals surface area contributed by atoms with Gasteiger partial charge >= 0.3 is 5.97 Å². The van der Waals surface area contributed by atoms with Gasteiger partial charge in [-0.2, -0.15) is 5.10 Å². The van der Waals surface area contributed by atoms with Gasteiger partial charge in [0.1, 0.15) is 11.3 Å². The molecule has 0 bridgehead atoms. The largest absolute Gasteiger partial charge is 0.496 e. The van der Waals surface area contributed by atoms with Crippen molar-refractivity contribution in [2.24, 2.45) is 5.41 Å². The topological polar surface area (TPSA) is 86.3 Å². The molecule has 0 spiro atoms. The van der Waals surface area contributed by atoms with Crippen LogP contribution in [-0.2, 0) is 6.54 Å². The van der Waals surface area contributed by atoms with Crippen molar-refractivity contribution in [2.75, 3.05) is 7.11 Å². The van der Waals surface area contributed by atoms with Crippen molar-refractivity contribution in [1.29, 1.82) is 0 Å². The van der Waals surface area contributed by atoms with Gasteiger partial charge in [-0.1, -0.05) is 26.8 Å². The van der Waals surface area contributed by atoms with E-state index in [-0.39, 0.29) is 17.0 Å². The Kier molecular flexibility index (Phi) is 3.66. The molecular weight excluding hydrogens is 346 g/mol. The normalized spacial score (nSPS) is 16.1. The van der Waals surface area contributed by atoms with Crippen LogP contribution in [0.15, 0.2) is 35.3 Å². The number of rotatable bonds is 2. The Morgan fingerprint density at radius 3 is 2.70 bits per heavy atom. The van der Waals surface area contributed by atoms with E-state index < -0.39 is 11.4 Å². The highest BCUT2D eigenvalue weighted by atomic mass is 16.5. The van der Waals surface area contributed by atoms with Crippen LogP contribution in [0.2, 0.25) is 0 Å². The summed E-state index contributed by atoms with van der Waals surface area (Å²) in [6.07, 6.45) is 1.47. The molecule has 7 nitrogen and oxygen atoms in total. The molecule has 2 aromatic heterocycles. The predicted molar refractivity (Wildman–Crippen MR) is 101 cm³/mol. The molecule has 4 rings (SSSR count). The number of methoxy groups -OCH3 is 1. The number of carboxylic acids is 1. The first-order valence-corrected chi connectivity index (χ1v) is 8.75. The number of aromatic nitrogens is 3. The standard InChI is InChI=1S/C20H21N3O4/c1-20(2,3)16-10-23-18(17-12(21-23)6-5-7-15(17)27-4)13-8-14(24)11(19(25)26)9-22(13)16/h5-9,16H,10H2,1-4H3,(H,25,26). The summed E-state index contributed by atoms with van der Waals surface area (Å²) in [6, 6.07) is 6.99. The van der Waals surface area contributed by atoms with Crippen LogP contribution >= 0.6 is 0 Å². The minimum absolute atomic E-state index is 0.0565. The summed E-state index contributed by atoms with van der Waals surface area (Å²) in [7, 11) is 1.60. The molecule has 140 valence electrons. The summed E-state index contributed by atoms with van der Waals surface area (Å²) in [4.78, 5) is 24.0. The third kappa shape index (κ3) is 2.53. The summed E-state index contributed by atoms with van der Waals surface area (Å²) in [5.41, 5.74) is 1.30. The van der Waals surface area contributed by atoms with Crippen LogP contribution in [0.1, 0.15) is 37.2 Å². The van der Waals surface area contributed by atoms with Gasteiger partial charge in [0.15, 0.2) is 5.43 Å². The van der Waals surface area contributed by atoms with E-state index in [4.69, 9.17) is 9.84 Å². The highest BCUT2D eigenvalue weighted by Gasteiger charge is 2.35. The fourth-order valence-corrected chi connectivity index (χ4v) is 3.81. The molecule has 27 heavy (non-hydrogen) atoms. The first-order valence-electron chi connectivity index (χ1n) is 8.75. The Morgan fingerprint density at radius 1 is 1.33 bits per heavy atom. The summed E-state index contributed by atoms with van der Waals surface area (Å²) in [6.45, 7) is 6.85. The molecule has 0 aliphatic carbocycles. The van der Waals surface area contributed by atoms with Gasteiger partial charge in [-0.05, 0) is 17.5 Å². The fourth-order valence-electron chi connectivity index (χ4n) is 3.81. The Hall–Kier alpha value is -3.09. The molecule has 0 saturated carbocycles. The van der Waals surface area contributed by atoms with Gasteiger partial charge in [-0.25, -0.2) is 4.79 Å². The van der Waals surface area contributed by atoms with Crippen molar-refractivity contribution in [3.63, 3.8) is 0 Å². The van der Waals surface area contributed by atoms with Crippen LogP contribution in [0, 0.1) is 5.41 Å². The molecule has 1 N–H and O–H groups in total. The molecular formula is C20H21N3O4. The highest BCUT2D eigenvalue weighted by molar-refractivity contribution is 5.98. The number of hydrogen-bond acceptors (Lipinski definition) is 4. The maximum atomic E-state index is 12.5. The lowest BCUT2D eigenvalue weighted by atomic mass is 9.85. The SMILES string of the molecule is COc1cccc2nn3c(c12)-c1cc(=O)c(C(=O)O)cn1C(C(C)(C)C)C3. The van der Waals surface area contributed by atoms with Crippen molar-refractivity contribution in [3.05, 3.63) is 46.2 Å². The third-order valence-corrected chi connectivity index (χ3v) is 5.18. The second kappa shape index (κ2) is 5.70. The van der Waals surface area contributed by atoms with E-state index in [0.29, 0.717) is 18.0 Å². The summed E-state index contributed by atoms with van der Waals surface area (Å²) >= 11 is 0. The number of hydrogen-bond donors (Lipinski definition) is 1. The van der Waals surface area contributed by atoms with Gasteiger partial charge in [0, 0.05) is 12.3 Å². The lowest BCUT2D eigenvalue weighted by molar-refractivity contribution is 0.0693. The number of fused-ring (bicyclic) bond motifs is 5. The zero-order valence-corrected chi connectivity index (χ0v) is 15.7. The molecule has 0 amide bonds. The Balaban J connectivity index is 2.12. The zero-order chi connectivity index (χ0) is 19.5. The van der Waals surface area contributed by atoms with Crippen LogP contribution in [-0.4, -0.2) is 32.5 Å². The molecule has 7 heteroatoms. The average molecular weight is 367 g/mol. The van der Waals surface area contributed by atoms with Crippen molar-refractivity contribution in [3.8, 4) is 17.1 Å². The predicted octanol–water partition coefficient (Wildman–Crippen LogP) is 3.17. The van der Waals surface area contributed by atoms with Gasteiger partial charge in [-0.15, -0.1) is 0 Å². The quantitative estimate of drug-likeness (QED) is 0.752. The number of ether oxygens (including phenoxy) is 1. The van der Waals surface area contributed by atoms with Gasteiger partial charge in [-0.3, -0.25) is 9.48 Å². The van der Waals surface area contributed by atoms with Crippen LogP contribution in [0.25, 0.3) is 22.3 Å². The number of nitrogens with zero attached hydrogens (tertiary/aromatic N) is 3. The summed E-state index contributed by atoms with van der Waals surface area (Å²) < 4.78 is 9.33. The maximum absolute atomic E-state index is 12.5. The number of benzene rings is 1. The first-order chi connectivity index (χ1) is 12.7. The second-order valence-electron chi connectivity index (χ2n) is 7.92. The summed E-state index contributed by atoms with van der Waals surface area (Å²) in [5.74, 6) is -0.547. The van der Waals surface area contributed by atoms with Crippen LogP contribution in [0.5, 0.6) is 5.75 Å². The molecule has 3 heterocycles. The monoisotopic (exact) mass is 367 g/mol. The minimum atomic E-state index is -1.22. The Labute approximate surface area is 155 Å². The van der Waals surface area contributed by atoms with Crippen molar-refractivity contribution < 1.29 is 14.6 Å². The Morgan fingerprint density at radius 2 is 2.07 bits per heavy atom.